The maximum absolute atomic E-state index is 13.6. The number of hydrogen-bond acceptors (Lipinski definition) is 23. The highest BCUT2D eigenvalue weighted by Crippen LogP contribution is 2.49. The molecule has 32 atom stereocenters. The van der Waals surface area contributed by atoms with Crippen LogP contribution in [0.25, 0.3) is 0 Å². The normalized spacial score (nSPS) is 35.4. The molecule has 25 nitrogen and oxygen atoms in total. The Bertz CT molecular complexity index is 4050. The molecule has 7 saturated heterocycles. The smallest absolute Gasteiger partial charge is 0.410 e. The Hall–Kier alpha value is -6.86. The molecule has 0 aromatic heterocycles. The van der Waals surface area contributed by atoms with Crippen molar-refractivity contribution in [1.29, 1.82) is 0 Å². The van der Waals surface area contributed by atoms with Gasteiger partial charge >= 0.3 is 18.0 Å². The lowest BCUT2D eigenvalue weighted by Crippen LogP contribution is -2.64. The van der Waals surface area contributed by atoms with Crippen molar-refractivity contribution >= 4 is 23.9 Å². The number of nitrogens with one attached hydrogen (secondary N) is 1. The Morgan fingerprint density at radius 1 is 0.496 bits per heavy atom. The summed E-state index contributed by atoms with van der Waals surface area (Å²) in [6, 6.07) is 49.4. The Morgan fingerprint density at radius 3 is 1.56 bits per heavy atom. The lowest BCUT2D eigenvalue weighted by atomic mass is 9.79. The number of carbonyl (C=O) groups is 4. The summed E-state index contributed by atoms with van der Waals surface area (Å²) in [6.45, 7) is 36.6. The zero-order chi connectivity index (χ0) is 89.0. The van der Waals surface area contributed by atoms with Crippen molar-refractivity contribution in [2.24, 2.45) is 65.1 Å². The predicted molar refractivity (Wildman–Crippen MR) is 467 cm³/mol. The third-order valence-electron chi connectivity index (χ3n) is 27.1. The molecule has 5 aromatic rings. The van der Waals surface area contributed by atoms with E-state index in [2.05, 4.69) is 74.6 Å². The van der Waals surface area contributed by atoms with Crippen molar-refractivity contribution in [2.75, 3.05) is 39.6 Å². The molecule has 125 heavy (non-hydrogen) atoms. The molecule has 7 heterocycles. The molecule has 7 aliphatic rings. The van der Waals surface area contributed by atoms with E-state index in [4.69, 9.17) is 90.0 Å². The van der Waals surface area contributed by atoms with Crippen molar-refractivity contribution < 1.29 is 109 Å². The third kappa shape index (κ3) is 25.6. The van der Waals surface area contributed by atoms with Crippen molar-refractivity contribution in [3.63, 3.8) is 0 Å². The molecular formula is C100H142N2O23. The number of nitrogens with zero attached hydrogens (tertiary/aromatic N) is 1. The Balaban J connectivity index is 0.764. The highest BCUT2D eigenvalue weighted by Gasteiger charge is 2.58. The van der Waals surface area contributed by atoms with Crippen LogP contribution in [-0.4, -0.2) is 191 Å². The van der Waals surface area contributed by atoms with Crippen molar-refractivity contribution in [2.45, 2.75) is 318 Å². The van der Waals surface area contributed by atoms with E-state index in [1.807, 2.05) is 186 Å². The summed E-state index contributed by atoms with van der Waals surface area (Å²) in [5.74, 6) is -5.12. The van der Waals surface area contributed by atoms with Gasteiger partial charge in [0.2, 0.25) is 5.91 Å². The lowest BCUT2D eigenvalue weighted by molar-refractivity contribution is -0.398. The van der Waals surface area contributed by atoms with Gasteiger partial charge in [0.25, 0.3) is 0 Å². The number of benzene rings is 5. The largest absolute Gasteiger partial charge is 0.463 e. The number of rotatable bonds is 39. The molecular weight excluding hydrogens is 1600 g/mol. The fourth-order valence-electron chi connectivity index (χ4n) is 19.3. The molecule has 7 fully saturated rings. The average Bonchev–Trinajstić information content (AvgIpc) is 0.759. The van der Waals surface area contributed by atoms with Crippen molar-refractivity contribution in [3.05, 3.63) is 179 Å². The zero-order valence-corrected chi connectivity index (χ0v) is 76.7. The topological polar surface area (TPSA) is 259 Å². The molecule has 25 heteroatoms. The summed E-state index contributed by atoms with van der Waals surface area (Å²) in [4.78, 5) is 53.8. The summed E-state index contributed by atoms with van der Waals surface area (Å²) in [7, 11) is 0. The molecule has 690 valence electrons. The molecule has 0 radical (unpaired) electrons. The van der Waals surface area contributed by atoms with Gasteiger partial charge in [-0.3, -0.25) is 14.4 Å². The molecule has 5 aromatic carbocycles. The molecule has 0 aliphatic carbocycles. The van der Waals surface area contributed by atoms with E-state index >= 15 is 0 Å². The van der Waals surface area contributed by atoms with Gasteiger partial charge in [-0.1, -0.05) is 249 Å². The Kier molecular flexibility index (Phi) is 36.2. The highest BCUT2D eigenvalue weighted by atomic mass is 16.8. The average molecular weight is 1740 g/mol. The Labute approximate surface area is 741 Å². The zero-order valence-electron chi connectivity index (χ0n) is 76.7. The molecule has 7 aliphatic heterocycles. The first-order valence-electron chi connectivity index (χ1n) is 46.2. The van der Waals surface area contributed by atoms with Crippen LogP contribution in [0.2, 0.25) is 0 Å². The number of carbonyl (C=O) groups excluding carboxylic acids is 4. The minimum Gasteiger partial charge on any atom is -0.463 e. The summed E-state index contributed by atoms with van der Waals surface area (Å²) in [5, 5.41) is 3.25. The second-order valence-corrected chi connectivity index (χ2v) is 36.5. The van der Waals surface area contributed by atoms with Crippen LogP contribution in [-0.2, 0) is 131 Å². The van der Waals surface area contributed by atoms with Gasteiger partial charge in [0.1, 0.15) is 43.7 Å². The van der Waals surface area contributed by atoms with E-state index in [9.17, 15) is 19.2 Å². The van der Waals surface area contributed by atoms with Crippen LogP contribution < -0.4 is 5.32 Å². The number of esters is 2. The van der Waals surface area contributed by atoms with Gasteiger partial charge in [0, 0.05) is 99.3 Å². The highest BCUT2D eigenvalue weighted by molar-refractivity contribution is 5.76. The van der Waals surface area contributed by atoms with E-state index in [1.165, 1.54) is 13.8 Å². The molecule has 0 saturated carbocycles. The van der Waals surface area contributed by atoms with E-state index < -0.39 is 153 Å². The molecule has 2 amide bonds. The third-order valence-corrected chi connectivity index (χ3v) is 27.1. The maximum atomic E-state index is 13.6. The quantitative estimate of drug-likeness (QED) is 0.0218. The van der Waals surface area contributed by atoms with Gasteiger partial charge in [-0.2, -0.15) is 0 Å². The van der Waals surface area contributed by atoms with Crippen molar-refractivity contribution in [1.82, 2.24) is 10.2 Å². The standard InChI is InChI=1S/C100H142N2O23/c1-18-78(113-72(16)104)66(10)90-85(101-84(105)20-3)60(4)51-100(17,125-90)124-87-67(11)80(58-110-71(15)103)115-96(69(87)13)119-86-65(9)79(19-2)114-95(68(86)12)122-91-70(14)97(118-83-59-111-98(123-92(83)91)77-47-35-25-36-48-77)121-89-62(6)64(8)94(117-82(89)57-108-54-75-43-31-23-32-44-75)120-88-61(5)63(7)93(116-81(88)56-107-53-74-41-29-22-30-42-74)109-50-38-26-37-49-102(52-73-39-27-21-28-40-73)99(106)112-55-76-45-33-24-34-46-76/h21-25,27-36,39-48,60-70,78-83,85-98H,18-20,26,37-38,49-59H2,1-17H3,(H,101,105)/t60-,61?,62?,63+,64+,65+,66-,67+,68+,69+,70+,78-,79?,80?,81?,82?,83?,85-,86?,87?,88+,89-,90?,91?,92+,93-,94+,95+,96+,97-,98?,100+/m1/s1. The van der Waals surface area contributed by atoms with Crippen LogP contribution in [0.4, 0.5) is 4.79 Å². The van der Waals surface area contributed by atoms with Gasteiger partial charge in [-0.05, 0) is 79.0 Å². The summed E-state index contributed by atoms with van der Waals surface area (Å²) in [6.07, 6.45) is -8.35. The van der Waals surface area contributed by atoms with Gasteiger partial charge in [0.15, 0.2) is 43.5 Å². The second kappa shape index (κ2) is 46.6. The van der Waals surface area contributed by atoms with E-state index in [0.29, 0.717) is 52.2 Å². The van der Waals surface area contributed by atoms with Gasteiger partial charge in [-0.15, -0.1) is 0 Å². The summed E-state index contributed by atoms with van der Waals surface area (Å²) < 4.78 is 132. The SMILES string of the molecule is CCC(=O)N[C@H]1C([C@H](C)[C@@H](CC)OC(C)=O)O[C@](C)(OC2[C@@H](C)C(COC(C)=O)O[C@@H](OC3[C@@H](C)C(CC)O[C@@H](OC4[C@H]5OC(c6ccccc6)OCC5O[C@H](O[C@H]5C(COCc6ccccc6)O[C@@H](O[C@@H]6C(COCc7ccccc7)O[C@@H](OCCCCCN(Cc7ccccc7)C(=O)OCc7ccccc7)[C@@H](C)C6C)[C@@H](C)C5C)[C@H]4C)[C@H]3C)[C@H]2C)C[C@H]1C. The van der Waals surface area contributed by atoms with Gasteiger partial charge in [0.05, 0.1) is 87.9 Å². The van der Waals surface area contributed by atoms with E-state index in [1.54, 1.807) is 4.90 Å². The fourth-order valence-corrected chi connectivity index (χ4v) is 19.3. The lowest BCUT2D eigenvalue weighted by Gasteiger charge is -2.54. The maximum Gasteiger partial charge on any atom is 0.410 e. The van der Waals surface area contributed by atoms with Crippen molar-refractivity contribution in [3.8, 4) is 0 Å². The first kappa shape index (κ1) is 97.2. The van der Waals surface area contributed by atoms with Crippen LogP contribution in [0.1, 0.15) is 197 Å². The molecule has 0 bridgehead atoms. The van der Waals surface area contributed by atoms with Crippen LogP contribution in [0.15, 0.2) is 152 Å². The summed E-state index contributed by atoms with van der Waals surface area (Å²) >= 11 is 0. The minimum absolute atomic E-state index is 0.0517. The van der Waals surface area contributed by atoms with Crippen LogP contribution in [0.3, 0.4) is 0 Å². The number of unbranched alkanes of at least 4 members (excludes halogenated alkanes) is 2. The van der Waals surface area contributed by atoms with Crippen LogP contribution in [0, 0.1) is 65.1 Å². The van der Waals surface area contributed by atoms with E-state index in [-0.39, 0.29) is 105 Å². The number of ether oxygens (including phenoxy) is 19. The minimum atomic E-state index is -1.20. The van der Waals surface area contributed by atoms with Crippen LogP contribution in [0.5, 0.6) is 0 Å². The Morgan fingerprint density at radius 2 is 0.992 bits per heavy atom. The molecule has 12 unspecified atom stereocenters. The second-order valence-electron chi connectivity index (χ2n) is 36.5. The summed E-state index contributed by atoms with van der Waals surface area (Å²) in [5.41, 5.74) is 4.85. The monoisotopic (exact) mass is 1740 g/mol. The first-order chi connectivity index (χ1) is 60.2. The number of hydrogen-bond donors (Lipinski definition) is 1. The van der Waals surface area contributed by atoms with Gasteiger partial charge in [-0.25, -0.2) is 4.79 Å². The molecule has 12 rings (SSSR count). The molecule has 1 N–H and O–H groups in total. The molecule has 0 spiro atoms. The predicted octanol–water partition coefficient (Wildman–Crippen LogP) is 16.8. The van der Waals surface area contributed by atoms with Crippen LogP contribution >= 0.6 is 0 Å². The first-order valence-corrected chi connectivity index (χ1v) is 46.2. The fraction of sp³-hybridized carbons (Fsp3) is 0.660. The number of amides is 2. The number of fused-ring (bicyclic) bond motifs is 1. The van der Waals surface area contributed by atoms with E-state index in [0.717, 1.165) is 47.1 Å². The van der Waals surface area contributed by atoms with Gasteiger partial charge < -0.3 is 100 Å².